The molecule has 0 saturated carbocycles. The minimum atomic E-state index is -0.129. The van der Waals surface area contributed by atoms with Crippen molar-refractivity contribution < 1.29 is 9.53 Å². The zero-order chi connectivity index (χ0) is 22.5. The highest BCUT2D eigenvalue weighted by Crippen LogP contribution is 2.25. The van der Waals surface area contributed by atoms with Crippen molar-refractivity contribution in [3.63, 3.8) is 0 Å². The molecule has 1 unspecified atom stereocenters. The largest absolute Gasteiger partial charge is 0.457 e. The average molecular weight is 441 g/mol. The van der Waals surface area contributed by atoms with E-state index in [9.17, 15) is 4.79 Å². The minimum absolute atomic E-state index is 0.00335. The Morgan fingerprint density at radius 2 is 1.70 bits per heavy atom. The van der Waals surface area contributed by atoms with Crippen molar-refractivity contribution in [3.05, 3.63) is 79.4 Å². The number of amides is 1. The molecule has 166 valence electrons. The average Bonchev–Trinajstić information content (AvgIpc) is 3.41. The van der Waals surface area contributed by atoms with E-state index in [0.29, 0.717) is 12.4 Å². The van der Waals surface area contributed by atoms with E-state index in [2.05, 4.69) is 30.5 Å². The molecule has 0 bridgehead atoms. The molecule has 4 aromatic rings. The Labute approximate surface area is 191 Å². The second kappa shape index (κ2) is 9.47. The van der Waals surface area contributed by atoms with Crippen LogP contribution < -0.4 is 15.0 Å². The van der Waals surface area contributed by atoms with Crippen LogP contribution in [-0.4, -0.2) is 44.0 Å². The Hall–Kier alpha value is -4.27. The normalized spacial score (nSPS) is 15.8. The summed E-state index contributed by atoms with van der Waals surface area (Å²) in [7, 11) is 0. The number of anilines is 2. The fourth-order valence-electron chi connectivity index (χ4n) is 3.81. The third-order valence-electron chi connectivity index (χ3n) is 5.51. The summed E-state index contributed by atoms with van der Waals surface area (Å²) in [6.07, 6.45) is 4.77. The number of carbonyl (C=O) groups excluding carboxylic acids is 1. The van der Waals surface area contributed by atoms with Crippen molar-refractivity contribution in [2.75, 3.05) is 23.3 Å². The molecule has 0 radical (unpaired) electrons. The maximum atomic E-state index is 12.9. The van der Waals surface area contributed by atoms with Gasteiger partial charge in [0, 0.05) is 18.8 Å². The molecule has 3 heterocycles. The number of carbonyl (C=O) groups is 1. The smallest absolute Gasteiger partial charge is 0.229 e. The fourth-order valence-corrected chi connectivity index (χ4v) is 3.81. The lowest BCUT2D eigenvalue weighted by Gasteiger charge is -2.32. The molecular weight excluding hydrogens is 418 g/mol. The summed E-state index contributed by atoms with van der Waals surface area (Å²) in [5.41, 5.74) is 0.745. The zero-order valence-corrected chi connectivity index (χ0v) is 17.9. The Kier molecular flexibility index (Phi) is 5.92. The van der Waals surface area contributed by atoms with E-state index in [1.807, 2.05) is 66.7 Å². The molecule has 1 aliphatic rings. The van der Waals surface area contributed by atoms with Crippen molar-refractivity contribution in [1.82, 2.24) is 25.0 Å². The highest BCUT2D eigenvalue weighted by Gasteiger charge is 2.27. The summed E-state index contributed by atoms with van der Waals surface area (Å²) >= 11 is 0. The number of ether oxygens (including phenoxy) is 1. The topological polar surface area (TPSA) is 98.1 Å². The van der Waals surface area contributed by atoms with Gasteiger partial charge < -0.3 is 15.0 Å². The molecule has 1 amide bonds. The molecule has 5 rings (SSSR count). The molecule has 1 atom stereocenters. The summed E-state index contributed by atoms with van der Waals surface area (Å²) in [5, 5.41) is 15.6. The van der Waals surface area contributed by atoms with Crippen LogP contribution in [0.2, 0.25) is 0 Å². The van der Waals surface area contributed by atoms with Gasteiger partial charge >= 0.3 is 0 Å². The van der Waals surface area contributed by atoms with E-state index in [0.717, 1.165) is 42.4 Å². The van der Waals surface area contributed by atoms with Gasteiger partial charge in [0.2, 0.25) is 5.91 Å². The second-order valence-electron chi connectivity index (χ2n) is 7.80. The lowest BCUT2D eigenvalue weighted by atomic mass is 9.97. The maximum Gasteiger partial charge on any atom is 0.229 e. The maximum absolute atomic E-state index is 12.9. The monoisotopic (exact) mass is 441 g/mol. The van der Waals surface area contributed by atoms with Crippen LogP contribution in [0.1, 0.15) is 12.8 Å². The first kappa shape index (κ1) is 20.6. The molecule has 2 aromatic carbocycles. The van der Waals surface area contributed by atoms with Crippen molar-refractivity contribution in [2.45, 2.75) is 12.8 Å². The third kappa shape index (κ3) is 4.98. The number of hydrogen-bond donors (Lipinski definition) is 1. The zero-order valence-electron chi connectivity index (χ0n) is 17.9. The van der Waals surface area contributed by atoms with Gasteiger partial charge in [-0.05, 0) is 61.4 Å². The SMILES string of the molecule is O=C(Nc1ccc(Oc2ccccc2)cc1)C1CCCN(c2ccc(-n3cncn3)nn2)C1. The Morgan fingerprint density at radius 1 is 0.939 bits per heavy atom. The van der Waals surface area contributed by atoms with Gasteiger partial charge in [0.15, 0.2) is 11.6 Å². The molecule has 0 aliphatic carbocycles. The number of aromatic nitrogens is 5. The van der Waals surface area contributed by atoms with Gasteiger partial charge in [-0.1, -0.05) is 18.2 Å². The van der Waals surface area contributed by atoms with E-state index in [4.69, 9.17) is 4.74 Å². The van der Waals surface area contributed by atoms with Crippen molar-refractivity contribution >= 4 is 17.4 Å². The number of para-hydroxylation sites is 1. The Bertz CT molecular complexity index is 1180. The molecule has 1 saturated heterocycles. The minimum Gasteiger partial charge on any atom is -0.457 e. The molecule has 0 spiro atoms. The molecule has 9 nitrogen and oxygen atoms in total. The van der Waals surface area contributed by atoms with Crippen LogP contribution in [0.4, 0.5) is 11.5 Å². The van der Waals surface area contributed by atoms with Gasteiger partial charge in [0.25, 0.3) is 0 Å². The summed E-state index contributed by atoms with van der Waals surface area (Å²) < 4.78 is 7.36. The van der Waals surface area contributed by atoms with Crippen LogP contribution in [0, 0.1) is 5.92 Å². The molecule has 1 fully saturated rings. The first-order valence-electron chi connectivity index (χ1n) is 10.8. The van der Waals surface area contributed by atoms with Crippen LogP contribution in [0.15, 0.2) is 79.4 Å². The number of nitrogens with zero attached hydrogens (tertiary/aromatic N) is 6. The predicted molar refractivity (Wildman–Crippen MR) is 123 cm³/mol. The number of piperidine rings is 1. The van der Waals surface area contributed by atoms with Gasteiger partial charge in [0.05, 0.1) is 5.92 Å². The molecule has 9 heteroatoms. The third-order valence-corrected chi connectivity index (χ3v) is 5.51. The Balaban J connectivity index is 1.18. The van der Waals surface area contributed by atoms with E-state index >= 15 is 0 Å². The van der Waals surface area contributed by atoms with Crippen LogP contribution in [0.25, 0.3) is 5.82 Å². The summed E-state index contributed by atoms with van der Waals surface area (Å²) in [5.74, 6) is 2.71. The van der Waals surface area contributed by atoms with Crippen molar-refractivity contribution in [3.8, 4) is 17.3 Å². The van der Waals surface area contributed by atoms with E-state index < -0.39 is 0 Å². The molecule has 1 N–H and O–H groups in total. The highest BCUT2D eigenvalue weighted by molar-refractivity contribution is 5.93. The van der Waals surface area contributed by atoms with E-state index in [1.54, 1.807) is 11.0 Å². The molecular formula is C24H23N7O2. The second-order valence-corrected chi connectivity index (χ2v) is 7.80. The molecule has 2 aromatic heterocycles. The van der Waals surface area contributed by atoms with E-state index in [-0.39, 0.29) is 11.8 Å². The van der Waals surface area contributed by atoms with Crippen LogP contribution in [0.5, 0.6) is 11.5 Å². The Morgan fingerprint density at radius 3 is 2.42 bits per heavy atom. The van der Waals surface area contributed by atoms with Gasteiger partial charge in [-0.3, -0.25) is 4.79 Å². The van der Waals surface area contributed by atoms with Gasteiger partial charge in [0.1, 0.15) is 24.2 Å². The van der Waals surface area contributed by atoms with Crippen LogP contribution in [0.3, 0.4) is 0 Å². The first-order chi connectivity index (χ1) is 16.2. The summed E-state index contributed by atoms with van der Waals surface area (Å²) in [4.78, 5) is 18.9. The van der Waals surface area contributed by atoms with Gasteiger partial charge in [-0.25, -0.2) is 9.67 Å². The molecule has 1 aliphatic heterocycles. The standard InChI is InChI=1S/C24H23N7O2/c32-24(27-19-8-10-21(11-9-19)33-20-6-2-1-3-7-20)18-5-4-14-30(15-18)22-12-13-23(29-28-22)31-17-25-16-26-31/h1-3,6-13,16-18H,4-5,14-15H2,(H,27,32). The summed E-state index contributed by atoms with van der Waals surface area (Å²) in [6.45, 7) is 1.44. The van der Waals surface area contributed by atoms with Gasteiger partial charge in [-0.2, -0.15) is 5.10 Å². The fraction of sp³-hybridized carbons (Fsp3) is 0.208. The highest BCUT2D eigenvalue weighted by atomic mass is 16.5. The predicted octanol–water partition coefficient (Wildman–Crippen LogP) is 3.70. The number of hydrogen-bond acceptors (Lipinski definition) is 7. The van der Waals surface area contributed by atoms with Crippen LogP contribution >= 0.6 is 0 Å². The first-order valence-corrected chi connectivity index (χ1v) is 10.8. The lowest BCUT2D eigenvalue weighted by Crippen LogP contribution is -2.41. The number of nitrogens with one attached hydrogen (secondary N) is 1. The number of benzene rings is 2. The number of rotatable bonds is 6. The quantitative estimate of drug-likeness (QED) is 0.487. The van der Waals surface area contributed by atoms with Crippen LogP contribution in [-0.2, 0) is 4.79 Å². The van der Waals surface area contributed by atoms with E-state index in [1.165, 1.54) is 6.33 Å². The van der Waals surface area contributed by atoms with Gasteiger partial charge in [-0.15, -0.1) is 10.2 Å². The lowest BCUT2D eigenvalue weighted by molar-refractivity contribution is -0.120. The summed E-state index contributed by atoms with van der Waals surface area (Å²) in [6, 6.07) is 20.7. The van der Waals surface area contributed by atoms with Crippen molar-refractivity contribution in [2.24, 2.45) is 5.92 Å². The molecule has 33 heavy (non-hydrogen) atoms. The van der Waals surface area contributed by atoms with Crippen molar-refractivity contribution in [1.29, 1.82) is 0 Å².